The molecule has 1 saturated carbocycles. The van der Waals surface area contributed by atoms with Crippen molar-refractivity contribution in [3.8, 4) is 0 Å². The van der Waals surface area contributed by atoms with Gasteiger partial charge in [-0.25, -0.2) is 4.79 Å². The molecule has 1 aromatic rings. The third kappa shape index (κ3) is 4.27. The second kappa shape index (κ2) is 7.17. The summed E-state index contributed by atoms with van der Waals surface area (Å²) in [5.74, 6) is 0.598. The summed E-state index contributed by atoms with van der Waals surface area (Å²) in [7, 11) is 1.41. The van der Waals surface area contributed by atoms with E-state index in [4.69, 9.17) is 4.74 Å². The van der Waals surface area contributed by atoms with Crippen LogP contribution < -0.4 is 5.32 Å². The summed E-state index contributed by atoms with van der Waals surface area (Å²) in [5, 5.41) is 3.40. The van der Waals surface area contributed by atoms with Crippen LogP contribution in [0.5, 0.6) is 0 Å². The van der Waals surface area contributed by atoms with Crippen molar-refractivity contribution >= 4 is 11.7 Å². The Bertz CT molecular complexity index is 411. The van der Waals surface area contributed by atoms with Crippen LogP contribution in [0, 0.1) is 5.92 Å². The van der Waals surface area contributed by atoms with Crippen LogP contribution in [0.2, 0.25) is 0 Å². The molecule has 0 unspecified atom stereocenters. The second-order valence-corrected chi connectivity index (χ2v) is 5.29. The summed E-state index contributed by atoms with van der Waals surface area (Å²) in [6.07, 6.45) is 8.17. The van der Waals surface area contributed by atoms with Gasteiger partial charge in [-0.15, -0.1) is 0 Å². The molecule has 0 amide bonds. The molecule has 0 spiro atoms. The fourth-order valence-electron chi connectivity index (χ4n) is 2.77. The van der Waals surface area contributed by atoms with Crippen molar-refractivity contribution < 1.29 is 9.53 Å². The molecule has 0 radical (unpaired) electrons. The minimum absolute atomic E-state index is 0.282. The van der Waals surface area contributed by atoms with Gasteiger partial charge in [0, 0.05) is 12.2 Å². The average molecular weight is 261 g/mol. The number of esters is 1. The lowest BCUT2D eigenvalue weighted by atomic mass is 9.87. The van der Waals surface area contributed by atoms with Crippen molar-refractivity contribution in [1.82, 2.24) is 0 Å². The van der Waals surface area contributed by atoms with Gasteiger partial charge in [0.15, 0.2) is 0 Å². The number of ether oxygens (including phenoxy) is 1. The fraction of sp³-hybridized carbons (Fsp3) is 0.562. The SMILES string of the molecule is COC(=O)c1cccc(NCCC2CCCCC2)c1. The minimum atomic E-state index is -0.282. The average Bonchev–Trinajstić information content (AvgIpc) is 2.48. The van der Waals surface area contributed by atoms with Crippen LogP contribution in [0.3, 0.4) is 0 Å². The van der Waals surface area contributed by atoms with Gasteiger partial charge in [0.25, 0.3) is 0 Å². The zero-order valence-electron chi connectivity index (χ0n) is 11.7. The van der Waals surface area contributed by atoms with Gasteiger partial charge in [-0.3, -0.25) is 0 Å². The number of methoxy groups -OCH3 is 1. The number of rotatable bonds is 5. The number of nitrogens with one attached hydrogen (secondary N) is 1. The standard InChI is InChI=1S/C16H23NO2/c1-19-16(18)14-8-5-9-15(12-14)17-11-10-13-6-3-2-4-7-13/h5,8-9,12-13,17H,2-4,6-7,10-11H2,1H3. The first kappa shape index (κ1) is 13.9. The number of benzene rings is 1. The molecule has 3 heteroatoms. The normalized spacial score (nSPS) is 16.1. The van der Waals surface area contributed by atoms with Crippen LogP contribution in [0.25, 0.3) is 0 Å². The first-order chi connectivity index (χ1) is 9.29. The van der Waals surface area contributed by atoms with Gasteiger partial charge in [0.2, 0.25) is 0 Å². The van der Waals surface area contributed by atoms with E-state index in [2.05, 4.69) is 5.32 Å². The van der Waals surface area contributed by atoms with E-state index in [1.165, 1.54) is 45.6 Å². The van der Waals surface area contributed by atoms with Gasteiger partial charge in [0.1, 0.15) is 0 Å². The summed E-state index contributed by atoms with van der Waals surface area (Å²) in [4.78, 5) is 11.4. The number of hydrogen-bond acceptors (Lipinski definition) is 3. The highest BCUT2D eigenvalue weighted by atomic mass is 16.5. The number of carbonyl (C=O) groups is 1. The Kier molecular flexibility index (Phi) is 5.25. The summed E-state index contributed by atoms with van der Waals surface area (Å²) >= 11 is 0. The Morgan fingerprint density at radius 1 is 1.32 bits per heavy atom. The first-order valence-electron chi connectivity index (χ1n) is 7.22. The maximum Gasteiger partial charge on any atom is 0.337 e. The molecule has 104 valence electrons. The van der Waals surface area contributed by atoms with E-state index in [-0.39, 0.29) is 5.97 Å². The highest BCUT2D eigenvalue weighted by Crippen LogP contribution is 2.26. The Balaban J connectivity index is 1.80. The summed E-state index contributed by atoms with van der Waals surface area (Å²) < 4.78 is 4.72. The topological polar surface area (TPSA) is 38.3 Å². The maximum absolute atomic E-state index is 11.4. The third-order valence-electron chi connectivity index (χ3n) is 3.89. The smallest absolute Gasteiger partial charge is 0.337 e. The molecule has 0 saturated heterocycles. The Hall–Kier alpha value is -1.51. The fourth-order valence-corrected chi connectivity index (χ4v) is 2.77. The molecular weight excluding hydrogens is 238 g/mol. The lowest BCUT2D eigenvalue weighted by Gasteiger charge is -2.21. The van der Waals surface area contributed by atoms with Crippen molar-refractivity contribution in [2.24, 2.45) is 5.92 Å². The highest BCUT2D eigenvalue weighted by Gasteiger charge is 2.12. The zero-order chi connectivity index (χ0) is 13.5. The van der Waals surface area contributed by atoms with Crippen LogP contribution >= 0.6 is 0 Å². The van der Waals surface area contributed by atoms with E-state index in [9.17, 15) is 4.79 Å². The van der Waals surface area contributed by atoms with Crippen LogP contribution in [-0.2, 0) is 4.74 Å². The van der Waals surface area contributed by atoms with Crippen molar-refractivity contribution in [3.63, 3.8) is 0 Å². The molecule has 0 aromatic heterocycles. The quantitative estimate of drug-likeness (QED) is 0.818. The second-order valence-electron chi connectivity index (χ2n) is 5.29. The van der Waals surface area contributed by atoms with Gasteiger partial charge in [-0.2, -0.15) is 0 Å². The van der Waals surface area contributed by atoms with Crippen molar-refractivity contribution in [1.29, 1.82) is 0 Å². The molecule has 1 N–H and O–H groups in total. The van der Waals surface area contributed by atoms with E-state index in [0.29, 0.717) is 5.56 Å². The van der Waals surface area contributed by atoms with Crippen molar-refractivity contribution in [3.05, 3.63) is 29.8 Å². The lowest BCUT2D eigenvalue weighted by molar-refractivity contribution is 0.0601. The molecule has 1 fully saturated rings. The monoisotopic (exact) mass is 261 g/mol. The molecule has 1 aliphatic carbocycles. The molecule has 1 aliphatic rings. The Morgan fingerprint density at radius 3 is 2.84 bits per heavy atom. The predicted octanol–water partition coefficient (Wildman–Crippen LogP) is 3.86. The van der Waals surface area contributed by atoms with Gasteiger partial charge in [0.05, 0.1) is 12.7 Å². The summed E-state index contributed by atoms with van der Waals surface area (Å²) in [6.45, 7) is 0.981. The third-order valence-corrected chi connectivity index (χ3v) is 3.89. The largest absolute Gasteiger partial charge is 0.465 e. The van der Waals surface area contributed by atoms with Crippen LogP contribution in [0.4, 0.5) is 5.69 Å². The van der Waals surface area contributed by atoms with Crippen LogP contribution in [0.15, 0.2) is 24.3 Å². The first-order valence-corrected chi connectivity index (χ1v) is 7.22. The Labute approximate surface area is 115 Å². The highest BCUT2D eigenvalue weighted by molar-refractivity contribution is 5.90. The number of hydrogen-bond donors (Lipinski definition) is 1. The number of anilines is 1. The van der Waals surface area contributed by atoms with Gasteiger partial charge in [-0.05, 0) is 30.5 Å². The molecule has 2 rings (SSSR count). The van der Waals surface area contributed by atoms with Crippen LogP contribution in [-0.4, -0.2) is 19.6 Å². The van der Waals surface area contributed by atoms with E-state index in [0.717, 1.165) is 18.2 Å². The van der Waals surface area contributed by atoms with Crippen molar-refractivity contribution in [2.45, 2.75) is 38.5 Å². The molecule has 0 bridgehead atoms. The molecule has 1 aromatic carbocycles. The van der Waals surface area contributed by atoms with Crippen LogP contribution in [0.1, 0.15) is 48.9 Å². The van der Waals surface area contributed by atoms with E-state index >= 15 is 0 Å². The molecule has 0 atom stereocenters. The Morgan fingerprint density at radius 2 is 2.11 bits per heavy atom. The zero-order valence-corrected chi connectivity index (χ0v) is 11.7. The summed E-state index contributed by atoms with van der Waals surface area (Å²) in [5.41, 5.74) is 1.60. The van der Waals surface area contributed by atoms with Gasteiger partial charge < -0.3 is 10.1 Å². The van der Waals surface area contributed by atoms with Crippen molar-refractivity contribution in [2.75, 3.05) is 19.0 Å². The number of carbonyl (C=O) groups excluding carboxylic acids is 1. The predicted molar refractivity (Wildman–Crippen MR) is 77.5 cm³/mol. The summed E-state index contributed by atoms with van der Waals surface area (Å²) in [6, 6.07) is 7.51. The minimum Gasteiger partial charge on any atom is -0.465 e. The maximum atomic E-state index is 11.4. The lowest BCUT2D eigenvalue weighted by Crippen LogP contribution is -2.12. The molecule has 0 heterocycles. The molecule has 0 aliphatic heterocycles. The van der Waals surface area contributed by atoms with Gasteiger partial charge >= 0.3 is 5.97 Å². The molecule has 19 heavy (non-hydrogen) atoms. The van der Waals surface area contributed by atoms with E-state index < -0.39 is 0 Å². The van der Waals surface area contributed by atoms with E-state index in [1.807, 2.05) is 18.2 Å². The van der Waals surface area contributed by atoms with E-state index in [1.54, 1.807) is 6.07 Å². The van der Waals surface area contributed by atoms with Gasteiger partial charge in [-0.1, -0.05) is 38.2 Å². The molecular formula is C16H23NO2. The molecule has 3 nitrogen and oxygen atoms in total.